The number of rotatable bonds is 14. The van der Waals surface area contributed by atoms with Gasteiger partial charge in [-0.15, -0.1) is 0 Å². The molecule has 0 atom stereocenters. The van der Waals surface area contributed by atoms with Crippen molar-refractivity contribution in [2.45, 2.75) is 96.8 Å². The Morgan fingerprint density at radius 3 is 1.56 bits per heavy atom. The normalized spacial score (nSPS) is 11.4. The lowest BCUT2D eigenvalue weighted by molar-refractivity contribution is 0.577. The van der Waals surface area contributed by atoms with Crippen LogP contribution in [-0.4, -0.2) is 0 Å². The summed E-state index contributed by atoms with van der Waals surface area (Å²) in [5.41, 5.74) is 0. The van der Waals surface area contributed by atoms with Crippen molar-refractivity contribution < 1.29 is 0 Å². The van der Waals surface area contributed by atoms with Crippen LogP contribution >= 0.6 is 0 Å². The molecule has 0 unspecified atom stereocenters. The van der Waals surface area contributed by atoms with E-state index < -0.39 is 0 Å². The van der Waals surface area contributed by atoms with Gasteiger partial charge in [0.25, 0.3) is 0 Å². The van der Waals surface area contributed by atoms with Crippen molar-refractivity contribution in [1.29, 1.82) is 0 Å². The van der Waals surface area contributed by atoms with Crippen LogP contribution < -0.4 is 0 Å². The highest BCUT2D eigenvalue weighted by Gasteiger charge is 1.90. The van der Waals surface area contributed by atoms with Crippen LogP contribution in [0.3, 0.4) is 0 Å². The Bertz CT molecular complexity index is 157. The molecule has 0 heterocycles. The molecule has 0 aliphatic rings. The lowest BCUT2D eigenvalue weighted by Crippen LogP contribution is -1.80. The Labute approximate surface area is 116 Å². The monoisotopic (exact) mass is 251 g/mol. The summed E-state index contributed by atoms with van der Waals surface area (Å²) in [4.78, 5) is 0. The van der Waals surface area contributed by atoms with Crippen LogP contribution in [0.2, 0.25) is 0 Å². The van der Waals surface area contributed by atoms with Crippen LogP contribution in [0, 0.1) is 6.92 Å². The third kappa shape index (κ3) is 15.7. The first kappa shape index (κ1) is 17.7. The van der Waals surface area contributed by atoms with Gasteiger partial charge in [-0.25, -0.2) is 0 Å². The Balaban J connectivity index is 2.99. The van der Waals surface area contributed by atoms with Gasteiger partial charge in [-0.2, -0.15) is 0 Å². The highest BCUT2D eigenvalue weighted by Crippen LogP contribution is 2.10. The molecule has 0 fully saturated rings. The third-order valence-corrected chi connectivity index (χ3v) is 3.51. The minimum Gasteiger partial charge on any atom is -0.0885 e. The average Bonchev–Trinajstić information content (AvgIpc) is 2.39. The van der Waals surface area contributed by atoms with Gasteiger partial charge in [0.2, 0.25) is 0 Å². The molecule has 107 valence electrons. The Morgan fingerprint density at radius 2 is 1.06 bits per heavy atom. The molecule has 0 aliphatic heterocycles. The van der Waals surface area contributed by atoms with Gasteiger partial charge in [0.05, 0.1) is 0 Å². The van der Waals surface area contributed by atoms with E-state index in [1.807, 2.05) is 0 Å². The predicted molar refractivity (Wildman–Crippen MR) is 84.8 cm³/mol. The van der Waals surface area contributed by atoms with Gasteiger partial charge in [-0.3, -0.25) is 0 Å². The molecule has 0 spiro atoms. The summed E-state index contributed by atoms with van der Waals surface area (Å²) < 4.78 is 0. The van der Waals surface area contributed by atoms with Gasteiger partial charge < -0.3 is 0 Å². The van der Waals surface area contributed by atoms with Crippen molar-refractivity contribution in [3.8, 4) is 0 Å². The molecule has 0 amide bonds. The molecule has 0 aliphatic carbocycles. The largest absolute Gasteiger partial charge is 0.0885 e. The van der Waals surface area contributed by atoms with Crippen molar-refractivity contribution in [3.05, 3.63) is 19.1 Å². The molecule has 0 N–H and O–H groups in total. The maximum atomic E-state index is 3.87. The maximum absolute atomic E-state index is 3.87. The highest BCUT2D eigenvalue weighted by molar-refractivity contribution is 4.81. The molecular formula is C18H35. The zero-order chi connectivity index (χ0) is 13.3. The summed E-state index contributed by atoms with van der Waals surface area (Å²) in [5.74, 6) is 0. The minimum atomic E-state index is 1.10. The van der Waals surface area contributed by atoms with Gasteiger partial charge in [0, 0.05) is 0 Å². The molecule has 0 nitrogen and oxygen atoms in total. The minimum absolute atomic E-state index is 1.10. The molecule has 0 aromatic carbocycles. The van der Waals surface area contributed by atoms with Crippen LogP contribution in [0.5, 0.6) is 0 Å². The second-order valence-corrected chi connectivity index (χ2v) is 5.44. The molecule has 0 saturated carbocycles. The van der Waals surface area contributed by atoms with Crippen molar-refractivity contribution in [2.24, 2.45) is 0 Å². The Hall–Kier alpha value is -0.260. The average molecular weight is 251 g/mol. The fourth-order valence-electron chi connectivity index (χ4n) is 2.25. The fourth-order valence-corrected chi connectivity index (χ4v) is 2.25. The Kier molecular flexibility index (Phi) is 16.5. The van der Waals surface area contributed by atoms with E-state index in [1.54, 1.807) is 0 Å². The van der Waals surface area contributed by atoms with E-state index in [9.17, 15) is 0 Å². The molecule has 18 heavy (non-hydrogen) atoms. The number of hydrogen-bond donors (Lipinski definition) is 0. The van der Waals surface area contributed by atoms with Crippen LogP contribution in [0.4, 0.5) is 0 Å². The quantitative estimate of drug-likeness (QED) is 0.234. The molecule has 0 rings (SSSR count). The summed E-state index contributed by atoms with van der Waals surface area (Å²) in [6.07, 6.45) is 23.9. The molecular weight excluding hydrogens is 216 g/mol. The first-order valence-electron chi connectivity index (χ1n) is 8.36. The zero-order valence-electron chi connectivity index (χ0n) is 12.8. The summed E-state index contributed by atoms with van der Waals surface area (Å²) in [7, 11) is 0. The number of hydrogen-bond acceptors (Lipinski definition) is 0. The van der Waals surface area contributed by atoms with Gasteiger partial charge in [0.15, 0.2) is 0 Å². The fraction of sp³-hybridized carbons (Fsp3) is 0.833. The van der Waals surface area contributed by atoms with Gasteiger partial charge >= 0.3 is 0 Å². The number of unbranched alkanes of at least 4 members (excludes halogenated alkanes) is 12. The standard InChI is InChI=1S/C18H35/c1-3-5-7-9-11-13-15-17-18-16-14-12-10-8-6-4-2/h13,15H,1,3-12,14,16-18H2,2H3/b15-13+. The molecule has 0 heteroatoms. The predicted octanol–water partition coefficient (Wildman–Crippen LogP) is 6.86. The molecule has 0 saturated heterocycles. The van der Waals surface area contributed by atoms with E-state index in [0.29, 0.717) is 0 Å². The van der Waals surface area contributed by atoms with Gasteiger partial charge in [0.1, 0.15) is 0 Å². The second kappa shape index (κ2) is 16.7. The maximum Gasteiger partial charge on any atom is -0.0351 e. The molecule has 0 aromatic heterocycles. The van der Waals surface area contributed by atoms with Gasteiger partial charge in [-0.05, 0) is 25.7 Å². The molecule has 0 bridgehead atoms. The lowest BCUT2D eigenvalue weighted by atomic mass is 10.1. The van der Waals surface area contributed by atoms with Gasteiger partial charge in [-0.1, -0.05) is 90.2 Å². The third-order valence-electron chi connectivity index (χ3n) is 3.51. The topological polar surface area (TPSA) is 0 Å². The SMILES string of the molecule is [CH2]CCCCC/C=C/CCCCCCCCCC. The van der Waals surface area contributed by atoms with Crippen LogP contribution in [-0.2, 0) is 0 Å². The highest BCUT2D eigenvalue weighted by atomic mass is 14.0. The first-order valence-corrected chi connectivity index (χ1v) is 8.36. The number of allylic oxidation sites excluding steroid dienone is 2. The smallest absolute Gasteiger partial charge is 0.0351 e. The summed E-state index contributed by atoms with van der Waals surface area (Å²) >= 11 is 0. The van der Waals surface area contributed by atoms with E-state index in [-0.39, 0.29) is 0 Å². The molecule has 0 aromatic rings. The lowest BCUT2D eigenvalue weighted by Gasteiger charge is -1.99. The summed E-state index contributed by atoms with van der Waals surface area (Å²) in [5, 5.41) is 0. The van der Waals surface area contributed by atoms with E-state index in [1.165, 1.54) is 83.5 Å². The van der Waals surface area contributed by atoms with E-state index in [4.69, 9.17) is 0 Å². The Morgan fingerprint density at radius 1 is 0.611 bits per heavy atom. The van der Waals surface area contributed by atoms with Crippen LogP contribution in [0.1, 0.15) is 96.8 Å². The summed E-state index contributed by atoms with van der Waals surface area (Å²) in [6, 6.07) is 0. The summed E-state index contributed by atoms with van der Waals surface area (Å²) in [6.45, 7) is 6.15. The van der Waals surface area contributed by atoms with Crippen LogP contribution in [0.15, 0.2) is 12.2 Å². The van der Waals surface area contributed by atoms with E-state index in [0.717, 1.165) is 6.42 Å². The van der Waals surface area contributed by atoms with Crippen molar-refractivity contribution in [1.82, 2.24) is 0 Å². The first-order chi connectivity index (χ1) is 8.91. The zero-order valence-corrected chi connectivity index (χ0v) is 12.8. The van der Waals surface area contributed by atoms with E-state index in [2.05, 4.69) is 26.0 Å². The van der Waals surface area contributed by atoms with Crippen molar-refractivity contribution in [3.63, 3.8) is 0 Å². The molecule has 1 radical (unpaired) electrons. The van der Waals surface area contributed by atoms with Crippen molar-refractivity contribution in [2.75, 3.05) is 0 Å². The second-order valence-electron chi connectivity index (χ2n) is 5.44. The van der Waals surface area contributed by atoms with E-state index >= 15 is 0 Å². The van der Waals surface area contributed by atoms with Crippen molar-refractivity contribution >= 4 is 0 Å². The van der Waals surface area contributed by atoms with Crippen LogP contribution in [0.25, 0.3) is 0 Å².